The lowest BCUT2D eigenvalue weighted by Crippen LogP contribution is -2.31. The molecule has 0 spiro atoms. The smallest absolute Gasteiger partial charge is 0.443 e. The minimum absolute atomic E-state index is 0.186. The highest BCUT2D eigenvalue weighted by Gasteiger charge is 2.41. The SMILES string of the molecule is O=C(NN=C(OP(c1ccccc1)c1ccccc1)C(F)(F)F)c1ccccc1. The van der Waals surface area contributed by atoms with Gasteiger partial charge in [-0.1, -0.05) is 78.9 Å². The number of alkyl halides is 3. The first-order chi connectivity index (χ1) is 13.9. The maximum Gasteiger partial charge on any atom is 0.470 e. The molecule has 3 aromatic carbocycles. The third kappa shape index (κ3) is 5.65. The second kappa shape index (κ2) is 9.34. The third-order valence-corrected chi connectivity index (χ3v) is 5.59. The number of benzene rings is 3. The van der Waals surface area contributed by atoms with Gasteiger partial charge in [-0.3, -0.25) is 4.79 Å². The van der Waals surface area contributed by atoms with E-state index in [0.29, 0.717) is 10.6 Å². The van der Waals surface area contributed by atoms with Gasteiger partial charge in [0.25, 0.3) is 5.91 Å². The maximum absolute atomic E-state index is 13.6. The van der Waals surface area contributed by atoms with Crippen molar-refractivity contribution in [3.05, 3.63) is 96.6 Å². The van der Waals surface area contributed by atoms with Crippen molar-refractivity contribution >= 4 is 30.6 Å². The van der Waals surface area contributed by atoms with Crippen molar-refractivity contribution in [1.29, 1.82) is 0 Å². The number of carbonyl (C=O) groups excluding carboxylic acids is 1. The summed E-state index contributed by atoms with van der Waals surface area (Å²) in [5.74, 6) is -2.28. The molecule has 0 aromatic heterocycles. The van der Waals surface area contributed by atoms with E-state index in [1.807, 2.05) is 5.43 Å². The molecule has 1 N–H and O–H groups in total. The Kier molecular flexibility index (Phi) is 6.62. The van der Waals surface area contributed by atoms with Crippen LogP contribution in [0.5, 0.6) is 0 Å². The highest BCUT2D eigenvalue weighted by Crippen LogP contribution is 2.38. The average molecular weight is 416 g/mol. The molecule has 3 rings (SSSR count). The standard InChI is InChI=1S/C21H16F3N2O2P/c22-21(23,24)20(26-25-19(27)16-10-4-1-5-11-16)28-29(17-12-6-2-7-13-17)18-14-8-3-9-15-18/h1-15H,(H,25,27). The minimum Gasteiger partial charge on any atom is -0.443 e. The Morgan fingerprint density at radius 3 is 1.69 bits per heavy atom. The fraction of sp³-hybridized carbons (Fsp3) is 0.0476. The number of amides is 1. The van der Waals surface area contributed by atoms with Crippen molar-refractivity contribution in [2.24, 2.45) is 5.10 Å². The molecule has 3 aromatic rings. The molecule has 4 nitrogen and oxygen atoms in total. The van der Waals surface area contributed by atoms with E-state index in [1.54, 1.807) is 78.9 Å². The van der Waals surface area contributed by atoms with Crippen LogP contribution < -0.4 is 16.0 Å². The zero-order valence-electron chi connectivity index (χ0n) is 15.0. The van der Waals surface area contributed by atoms with E-state index in [4.69, 9.17) is 4.52 Å². The van der Waals surface area contributed by atoms with Crippen LogP contribution in [0.2, 0.25) is 0 Å². The molecule has 0 atom stereocenters. The molecule has 0 saturated carbocycles. The predicted molar refractivity (Wildman–Crippen MR) is 108 cm³/mol. The first-order valence-corrected chi connectivity index (χ1v) is 9.79. The molecule has 148 valence electrons. The molecule has 29 heavy (non-hydrogen) atoms. The summed E-state index contributed by atoms with van der Waals surface area (Å²) < 4.78 is 46.1. The topological polar surface area (TPSA) is 50.7 Å². The van der Waals surface area contributed by atoms with Crippen LogP contribution >= 0.6 is 8.15 Å². The van der Waals surface area contributed by atoms with Gasteiger partial charge < -0.3 is 4.52 Å². The van der Waals surface area contributed by atoms with Crippen molar-refractivity contribution in [3.8, 4) is 0 Å². The Hall–Kier alpha value is -3.18. The number of nitrogens with one attached hydrogen (secondary N) is 1. The summed E-state index contributed by atoms with van der Waals surface area (Å²) in [5, 5.41) is 4.41. The monoisotopic (exact) mass is 416 g/mol. The van der Waals surface area contributed by atoms with Gasteiger partial charge in [-0.05, 0) is 12.1 Å². The van der Waals surface area contributed by atoms with Gasteiger partial charge in [0.05, 0.1) is 0 Å². The molecule has 0 bridgehead atoms. The molecular weight excluding hydrogens is 400 g/mol. The largest absolute Gasteiger partial charge is 0.470 e. The lowest BCUT2D eigenvalue weighted by molar-refractivity contribution is -0.0707. The number of hydrogen-bond donors (Lipinski definition) is 1. The van der Waals surface area contributed by atoms with Crippen molar-refractivity contribution in [1.82, 2.24) is 5.43 Å². The number of hydrogen-bond acceptors (Lipinski definition) is 3. The molecule has 0 unspecified atom stereocenters. The Balaban J connectivity index is 1.90. The summed E-state index contributed by atoms with van der Waals surface area (Å²) in [6, 6.07) is 25.0. The van der Waals surface area contributed by atoms with E-state index in [-0.39, 0.29) is 5.56 Å². The Morgan fingerprint density at radius 2 is 1.24 bits per heavy atom. The number of halogens is 3. The first-order valence-electron chi connectivity index (χ1n) is 8.53. The quantitative estimate of drug-likeness (QED) is 0.291. The third-order valence-electron chi connectivity index (χ3n) is 3.70. The van der Waals surface area contributed by atoms with Crippen molar-refractivity contribution in [2.45, 2.75) is 6.18 Å². The highest BCUT2D eigenvalue weighted by molar-refractivity contribution is 7.69. The molecule has 0 aliphatic heterocycles. The lowest BCUT2D eigenvalue weighted by Gasteiger charge is -2.21. The van der Waals surface area contributed by atoms with Gasteiger partial charge in [-0.25, -0.2) is 5.43 Å². The molecule has 0 saturated heterocycles. The van der Waals surface area contributed by atoms with Crippen molar-refractivity contribution in [2.75, 3.05) is 0 Å². The van der Waals surface area contributed by atoms with Gasteiger partial charge in [0, 0.05) is 16.2 Å². The molecule has 0 aliphatic carbocycles. The zero-order chi connectivity index (χ0) is 20.7. The molecule has 0 fully saturated rings. The molecule has 1 amide bonds. The second-order valence-electron chi connectivity index (χ2n) is 5.78. The Morgan fingerprint density at radius 1 is 0.793 bits per heavy atom. The summed E-state index contributed by atoms with van der Waals surface area (Å²) >= 11 is 0. The molecule has 0 heterocycles. The van der Waals surface area contributed by atoms with E-state index in [0.717, 1.165) is 0 Å². The Bertz CT molecular complexity index is 926. The van der Waals surface area contributed by atoms with E-state index in [9.17, 15) is 18.0 Å². The van der Waals surface area contributed by atoms with Crippen LogP contribution in [0.1, 0.15) is 10.4 Å². The first kappa shape index (κ1) is 20.6. The second-order valence-corrected chi connectivity index (χ2v) is 7.58. The Labute approximate surface area is 166 Å². The predicted octanol–water partition coefficient (Wildman–Crippen LogP) is 4.36. The molecule has 0 aliphatic rings. The summed E-state index contributed by atoms with van der Waals surface area (Å²) in [5.41, 5.74) is 2.11. The van der Waals surface area contributed by atoms with Crippen molar-refractivity contribution < 1.29 is 22.5 Å². The summed E-state index contributed by atoms with van der Waals surface area (Å²) in [7, 11) is -1.84. The van der Waals surface area contributed by atoms with Gasteiger partial charge >= 0.3 is 12.1 Å². The van der Waals surface area contributed by atoms with Crippen LogP contribution in [-0.4, -0.2) is 18.0 Å². The van der Waals surface area contributed by atoms with Crippen LogP contribution in [0, 0.1) is 0 Å². The van der Waals surface area contributed by atoms with Crippen LogP contribution in [0.3, 0.4) is 0 Å². The fourth-order valence-corrected chi connectivity index (χ4v) is 4.07. The van der Waals surface area contributed by atoms with Crippen LogP contribution in [0.4, 0.5) is 13.2 Å². The fourth-order valence-electron chi connectivity index (χ4n) is 2.36. The number of hydrazone groups is 1. The van der Waals surface area contributed by atoms with Gasteiger partial charge in [0.2, 0.25) is 0 Å². The van der Waals surface area contributed by atoms with Gasteiger partial charge in [0.1, 0.15) is 0 Å². The van der Waals surface area contributed by atoms with Gasteiger partial charge in [-0.2, -0.15) is 13.2 Å². The summed E-state index contributed by atoms with van der Waals surface area (Å²) in [6.07, 6.45) is -4.88. The van der Waals surface area contributed by atoms with E-state index >= 15 is 0 Å². The number of nitrogens with zero attached hydrogens (tertiary/aromatic N) is 1. The highest BCUT2D eigenvalue weighted by atomic mass is 31.1. The van der Waals surface area contributed by atoms with Crippen molar-refractivity contribution in [3.63, 3.8) is 0 Å². The van der Waals surface area contributed by atoms with Gasteiger partial charge in [0.15, 0.2) is 8.15 Å². The molecule has 8 heteroatoms. The molecule has 0 radical (unpaired) electrons. The zero-order valence-corrected chi connectivity index (χ0v) is 15.9. The average Bonchev–Trinajstić information content (AvgIpc) is 2.74. The van der Waals surface area contributed by atoms with Gasteiger partial charge in [-0.15, -0.1) is 5.10 Å². The lowest BCUT2D eigenvalue weighted by atomic mass is 10.2. The van der Waals surface area contributed by atoms with Crippen LogP contribution in [0.15, 0.2) is 96.1 Å². The van der Waals surface area contributed by atoms with Crippen LogP contribution in [-0.2, 0) is 4.52 Å². The van der Waals surface area contributed by atoms with E-state index < -0.39 is 26.1 Å². The van der Waals surface area contributed by atoms with E-state index in [1.165, 1.54) is 12.1 Å². The molecular formula is C21H16F3N2O2P. The number of rotatable bonds is 5. The minimum atomic E-state index is -4.88. The van der Waals surface area contributed by atoms with E-state index in [2.05, 4.69) is 5.10 Å². The maximum atomic E-state index is 13.6. The van der Waals surface area contributed by atoms with Crippen LogP contribution in [0.25, 0.3) is 0 Å². The normalized spacial score (nSPS) is 11.9. The summed E-state index contributed by atoms with van der Waals surface area (Å²) in [6.45, 7) is 0. The number of carbonyl (C=O) groups is 1. The summed E-state index contributed by atoms with van der Waals surface area (Å²) in [4.78, 5) is 12.1.